The topological polar surface area (TPSA) is 59.6 Å². The number of nitrogens with one attached hydrogen (secondary N) is 2. The van der Waals surface area contributed by atoms with Gasteiger partial charge in [-0.25, -0.2) is 0 Å². The highest BCUT2D eigenvalue weighted by Gasteiger charge is 2.20. The second kappa shape index (κ2) is 7.57. The second-order valence-electron chi connectivity index (χ2n) is 3.90. The number of amides is 1. The lowest BCUT2D eigenvalue weighted by atomic mass is 10.2. The molecule has 0 saturated heterocycles. The Bertz CT molecular complexity index is 457. The maximum atomic E-state index is 11.9. The molecule has 5 nitrogen and oxygen atoms in total. The molecule has 0 unspecified atom stereocenters. The summed E-state index contributed by atoms with van der Waals surface area (Å²) in [5.41, 5.74) is 0.565. The SMILES string of the molecule is CNCCCNC(=O)c1cc(Br)c2c(c1)OCO2.Cl. The van der Waals surface area contributed by atoms with Crippen LogP contribution in [0, 0.1) is 0 Å². The van der Waals surface area contributed by atoms with Gasteiger partial charge in [-0.1, -0.05) is 0 Å². The van der Waals surface area contributed by atoms with Crippen LogP contribution in [-0.4, -0.2) is 32.8 Å². The van der Waals surface area contributed by atoms with Crippen LogP contribution >= 0.6 is 28.3 Å². The molecule has 2 rings (SSSR count). The molecule has 0 atom stereocenters. The Morgan fingerprint density at radius 3 is 2.89 bits per heavy atom. The summed E-state index contributed by atoms with van der Waals surface area (Å²) in [5, 5.41) is 5.88. The molecule has 1 aromatic rings. The lowest BCUT2D eigenvalue weighted by Gasteiger charge is -2.07. The first-order valence-electron chi connectivity index (χ1n) is 5.74. The molecular weight excluding hydrogens is 336 g/mol. The predicted molar refractivity (Wildman–Crippen MR) is 78.4 cm³/mol. The van der Waals surface area contributed by atoms with E-state index in [1.54, 1.807) is 12.1 Å². The zero-order valence-corrected chi connectivity index (χ0v) is 12.9. The van der Waals surface area contributed by atoms with Crippen LogP contribution in [0.25, 0.3) is 0 Å². The van der Waals surface area contributed by atoms with Gasteiger partial charge in [0.25, 0.3) is 5.91 Å². The summed E-state index contributed by atoms with van der Waals surface area (Å²) in [6.07, 6.45) is 0.897. The molecule has 0 aliphatic carbocycles. The molecular formula is C12H16BrClN2O3. The van der Waals surface area contributed by atoms with Gasteiger partial charge in [0, 0.05) is 12.1 Å². The zero-order valence-electron chi connectivity index (χ0n) is 10.5. The van der Waals surface area contributed by atoms with Gasteiger partial charge in [0.05, 0.1) is 4.47 Å². The normalized spacial score (nSPS) is 11.9. The molecule has 0 aromatic heterocycles. The highest BCUT2D eigenvalue weighted by Crippen LogP contribution is 2.39. The summed E-state index contributed by atoms with van der Waals surface area (Å²) in [6, 6.07) is 3.43. The smallest absolute Gasteiger partial charge is 0.251 e. The van der Waals surface area contributed by atoms with Gasteiger partial charge in [-0.2, -0.15) is 0 Å². The maximum Gasteiger partial charge on any atom is 0.251 e. The standard InChI is InChI=1S/C12H15BrN2O3.ClH/c1-14-3-2-4-15-12(16)8-5-9(13)11-10(6-8)17-7-18-11;/h5-6,14H,2-4,7H2,1H3,(H,15,16);1H. The van der Waals surface area contributed by atoms with E-state index in [9.17, 15) is 4.79 Å². The van der Waals surface area contributed by atoms with Crippen molar-refractivity contribution in [3.05, 3.63) is 22.2 Å². The lowest BCUT2D eigenvalue weighted by Crippen LogP contribution is -2.26. The molecule has 1 aliphatic rings. The number of fused-ring (bicyclic) bond motifs is 1. The minimum absolute atomic E-state index is 0. The van der Waals surface area contributed by atoms with E-state index in [4.69, 9.17) is 9.47 Å². The van der Waals surface area contributed by atoms with Gasteiger partial charge in [-0.3, -0.25) is 4.79 Å². The Morgan fingerprint density at radius 2 is 2.16 bits per heavy atom. The van der Waals surface area contributed by atoms with Crippen molar-refractivity contribution < 1.29 is 14.3 Å². The minimum atomic E-state index is -0.106. The van der Waals surface area contributed by atoms with Crippen molar-refractivity contribution in [3.63, 3.8) is 0 Å². The molecule has 1 aromatic carbocycles. The summed E-state index contributed by atoms with van der Waals surface area (Å²) in [5.74, 6) is 1.15. The summed E-state index contributed by atoms with van der Waals surface area (Å²) < 4.78 is 11.3. The van der Waals surface area contributed by atoms with Gasteiger partial charge in [-0.05, 0) is 48.1 Å². The van der Waals surface area contributed by atoms with Gasteiger partial charge in [-0.15, -0.1) is 12.4 Å². The number of ether oxygens (including phenoxy) is 2. The van der Waals surface area contributed by atoms with Crippen molar-refractivity contribution in [2.75, 3.05) is 26.9 Å². The molecule has 1 amide bonds. The lowest BCUT2D eigenvalue weighted by molar-refractivity contribution is 0.0953. The molecule has 7 heteroatoms. The molecule has 0 fully saturated rings. The number of halogens is 2. The third-order valence-electron chi connectivity index (χ3n) is 2.58. The highest BCUT2D eigenvalue weighted by molar-refractivity contribution is 9.10. The van der Waals surface area contributed by atoms with Crippen molar-refractivity contribution in [2.45, 2.75) is 6.42 Å². The van der Waals surface area contributed by atoms with Crippen LogP contribution in [0.5, 0.6) is 11.5 Å². The third kappa shape index (κ3) is 3.99. The summed E-state index contributed by atoms with van der Waals surface area (Å²) in [7, 11) is 1.89. The van der Waals surface area contributed by atoms with E-state index < -0.39 is 0 Å². The van der Waals surface area contributed by atoms with Gasteiger partial charge < -0.3 is 20.1 Å². The first-order chi connectivity index (χ1) is 8.72. The monoisotopic (exact) mass is 350 g/mol. The molecule has 1 heterocycles. The zero-order chi connectivity index (χ0) is 13.0. The second-order valence-corrected chi connectivity index (χ2v) is 4.76. The summed E-state index contributed by atoms with van der Waals surface area (Å²) in [4.78, 5) is 11.9. The van der Waals surface area contributed by atoms with E-state index >= 15 is 0 Å². The van der Waals surface area contributed by atoms with Crippen molar-refractivity contribution in [2.24, 2.45) is 0 Å². The molecule has 0 saturated carbocycles. The predicted octanol–water partition coefficient (Wildman–Crippen LogP) is 1.94. The van der Waals surface area contributed by atoms with E-state index in [-0.39, 0.29) is 25.1 Å². The van der Waals surface area contributed by atoms with Crippen LogP contribution < -0.4 is 20.1 Å². The number of carbonyl (C=O) groups excluding carboxylic acids is 1. The number of hydrogen-bond donors (Lipinski definition) is 2. The summed E-state index contributed by atoms with van der Waals surface area (Å²) in [6.45, 7) is 1.72. The average Bonchev–Trinajstić information content (AvgIpc) is 2.83. The third-order valence-corrected chi connectivity index (χ3v) is 3.17. The van der Waals surface area contributed by atoms with Gasteiger partial charge >= 0.3 is 0 Å². The van der Waals surface area contributed by atoms with Gasteiger partial charge in [0.1, 0.15) is 0 Å². The Labute approximate surface area is 126 Å². The average molecular weight is 352 g/mol. The Kier molecular flexibility index (Phi) is 6.41. The Balaban J connectivity index is 0.00000180. The van der Waals surface area contributed by atoms with Crippen molar-refractivity contribution in [1.82, 2.24) is 10.6 Å². The van der Waals surface area contributed by atoms with Gasteiger partial charge in [0.2, 0.25) is 6.79 Å². The molecule has 1 aliphatic heterocycles. The number of rotatable bonds is 5. The van der Waals surface area contributed by atoms with Crippen molar-refractivity contribution >= 4 is 34.2 Å². The van der Waals surface area contributed by atoms with Crippen LogP contribution in [0.2, 0.25) is 0 Å². The molecule has 0 spiro atoms. The number of benzene rings is 1. The fraction of sp³-hybridized carbons (Fsp3) is 0.417. The van der Waals surface area contributed by atoms with Crippen LogP contribution in [0.1, 0.15) is 16.8 Å². The van der Waals surface area contributed by atoms with E-state index in [2.05, 4.69) is 26.6 Å². The summed E-state index contributed by atoms with van der Waals surface area (Å²) >= 11 is 3.36. The van der Waals surface area contributed by atoms with E-state index in [1.165, 1.54) is 0 Å². The van der Waals surface area contributed by atoms with Crippen molar-refractivity contribution in [1.29, 1.82) is 0 Å². The van der Waals surface area contributed by atoms with Crippen LogP contribution in [0.15, 0.2) is 16.6 Å². The quantitative estimate of drug-likeness (QED) is 0.796. The molecule has 0 radical (unpaired) electrons. The van der Waals surface area contributed by atoms with Crippen LogP contribution in [0.4, 0.5) is 0 Å². The fourth-order valence-electron chi connectivity index (χ4n) is 1.67. The first kappa shape index (κ1) is 16.1. The largest absolute Gasteiger partial charge is 0.454 e. The Hall–Kier alpha value is -0.980. The number of hydrogen-bond acceptors (Lipinski definition) is 4. The minimum Gasteiger partial charge on any atom is -0.454 e. The maximum absolute atomic E-state index is 11.9. The van der Waals surface area contributed by atoms with Crippen LogP contribution in [-0.2, 0) is 0 Å². The molecule has 106 valence electrons. The highest BCUT2D eigenvalue weighted by atomic mass is 79.9. The molecule has 19 heavy (non-hydrogen) atoms. The molecule has 0 bridgehead atoms. The Morgan fingerprint density at radius 1 is 1.37 bits per heavy atom. The van der Waals surface area contributed by atoms with E-state index in [0.717, 1.165) is 17.4 Å². The van der Waals surface area contributed by atoms with Gasteiger partial charge in [0.15, 0.2) is 11.5 Å². The van der Waals surface area contributed by atoms with E-state index in [1.807, 2.05) is 7.05 Å². The number of carbonyl (C=O) groups is 1. The molecule has 2 N–H and O–H groups in total. The van der Waals surface area contributed by atoms with Crippen molar-refractivity contribution in [3.8, 4) is 11.5 Å². The van der Waals surface area contributed by atoms with Crippen LogP contribution in [0.3, 0.4) is 0 Å². The first-order valence-corrected chi connectivity index (χ1v) is 6.53. The van der Waals surface area contributed by atoms with E-state index in [0.29, 0.717) is 23.6 Å². The fourth-order valence-corrected chi connectivity index (χ4v) is 2.22.